The van der Waals surface area contributed by atoms with Gasteiger partial charge in [0, 0.05) is 11.6 Å². The van der Waals surface area contributed by atoms with Gasteiger partial charge in [-0.25, -0.2) is 4.98 Å². The highest BCUT2D eigenvalue weighted by atomic mass is 32.2. The number of aromatic hydroxyl groups is 1. The van der Waals surface area contributed by atoms with Crippen LogP contribution in [0.25, 0.3) is 6.08 Å². The van der Waals surface area contributed by atoms with E-state index in [-0.39, 0.29) is 17.2 Å². The summed E-state index contributed by atoms with van der Waals surface area (Å²) in [5, 5.41) is 13.4. The first-order valence-corrected chi connectivity index (χ1v) is 8.46. The summed E-state index contributed by atoms with van der Waals surface area (Å²) in [4.78, 5) is 41.2. The molecule has 0 spiro atoms. The molecule has 0 bridgehead atoms. The molecule has 0 atom stereocenters. The largest absolute Gasteiger partial charge is 0.508 e. The molecule has 9 heteroatoms. The van der Waals surface area contributed by atoms with E-state index in [9.17, 15) is 19.5 Å². The van der Waals surface area contributed by atoms with Gasteiger partial charge in [0.15, 0.2) is 5.13 Å². The molecule has 1 aliphatic heterocycles. The number of imide groups is 1. The van der Waals surface area contributed by atoms with E-state index in [1.807, 2.05) is 0 Å². The van der Waals surface area contributed by atoms with Gasteiger partial charge in [-0.05, 0) is 35.5 Å². The second kappa shape index (κ2) is 6.85. The minimum atomic E-state index is -0.521. The molecule has 0 aliphatic carbocycles. The quantitative estimate of drug-likeness (QED) is 0.812. The minimum absolute atomic E-state index is 0.110. The van der Waals surface area contributed by atoms with Gasteiger partial charge in [0.1, 0.15) is 12.3 Å². The fourth-order valence-electron chi connectivity index (χ4n) is 1.95. The number of nitrogens with zero attached hydrogens (tertiary/aromatic N) is 2. The summed E-state index contributed by atoms with van der Waals surface area (Å²) >= 11 is 2.02. The van der Waals surface area contributed by atoms with E-state index in [0.717, 1.165) is 16.7 Å². The van der Waals surface area contributed by atoms with Crippen LogP contribution in [0.2, 0.25) is 0 Å². The molecule has 3 rings (SSSR count). The number of hydrogen-bond acceptors (Lipinski definition) is 7. The van der Waals surface area contributed by atoms with Crippen molar-refractivity contribution in [2.45, 2.75) is 0 Å². The molecule has 2 heterocycles. The molecule has 7 nitrogen and oxygen atoms in total. The van der Waals surface area contributed by atoms with Crippen LogP contribution in [0.4, 0.5) is 9.93 Å². The molecule has 0 radical (unpaired) electrons. The molecule has 2 N–H and O–H groups in total. The summed E-state index contributed by atoms with van der Waals surface area (Å²) in [6.45, 7) is -0.364. The van der Waals surface area contributed by atoms with Gasteiger partial charge in [-0.3, -0.25) is 19.3 Å². The second-order valence-corrected chi connectivity index (χ2v) is 6.63. The summed E-state index contributed by atoms with van der Waals surface area (Å²) in [6.07, 6.45) is 3.09. The number of nitrogens with one attached hydrogen (secondary N) is 1. The number of carbonyl (C=O) groups is 3. The maximum Gasteiger partial charge on any atom is 0.294 e. The lowest BCUT2D eigenvalue weighted by Gasteiger charge is -2.11. The molecule has 1 saturated heterocycles. The SMILES string of the molecule is O=C(CN1C(=O)S/C(=C\c2ccc(O)cc2)C1=O)Nc1nccs1. The van der Waals surface area contributed by atoms with Gasteiger partial charge < -0.3 is 10.4 Å². The first-order chi connectivity index (χ1) is 11.5. The average molecular weight is 361 g/mol. The lowest BCUT2D eigenvalue weighted by atomic mass is 10.2. The summed E-state index contributed by atoms with van der Waals surface area (Å²) in [5.74, 6) is -0.899. The molecule has 1 fully saturated rings. The first-order valence-electron chi connectivity index (χ1n) is 6.76. The third kappa shape index (κ3) is 3.63. The molecular weight excluding hydrogens is 350 g/mol. The summed E-state index contributed by atoms with van der Waals surface area (Å²) < 4.78 is 0. The maximum atomic E-state index is 12.3. The summed E-state index contributed by atoms with van der Waals surface area (Å²) in [6, 6.07) is 6.21. The molecule has 1 aromatic heterocycles. The Hall–Kier alpha value is -2.65. The highest BCUT2D eigenvalue weighted by Crippen LogP contribution is 2.32. The van der Waals surface area contributed by atoms with Gasteiger partial charge in [0.2, 0.25) is 5.91 Å². The van der Waals surface area contributed by atoms with Crippen LogP contribution in [0.15, 0.2) is 40.7 Å². The van der Waals surface area contributed by atoms with Crippen molar-refractivity contribution in [1.82, 2.24) is 9.88 Å². The lowest BCUT2D eigenvalue weighted by molar-refractivity contribution is -0.127. The number of phenolic OH excluding ortho intramolecular Hbond substituents is 1. The molecule has 24 heavy (non-hydrogen) atoms. The fourth-order valence-corrected chi connectivity index (χ4v) is 3.33. The Balaban J connectivity index is 1.69. The Kier molecular flexibility index (Phi) is 4.63. The lowest BCUT2D eigenvalue weighted by Crippen LogP contribution is -2.36. The molecular formula is C15H11N3O4S2. The Morgan fingerprint density at radius 2 is 2.04 bits per heavy atom. The Bertz CT molecular complexity index is 816. The standard InChI is InChI=1S/C15H11N3O4S2/c19-10-3-1-9(2-4-10)7-11-13(21)18(15(22)24-11)8-12(20)17-14-16-5-6-23-14/h1-7,19H,8H2,(H,16,17,20)/b11-7-. The van der Waals surface area contributed by atoms with E-state index in [1.54, 1.807) is 29.8 Å². The number of rotatable bonds is 4. The molecule has 1 aromatic carbocycles. The van der Waals surface area contributed by atoms with Crippen LogP contribution in [0.1, 0.15) is 5.56 Å². The Labute approximate surface area is 145 Å². The van der Waals surface area contributed by atoms with Crippen molar-refractivity contribution in [3.8, 4) is 5.75 Å². The van der Waals surface area contributed by atoms with Crippen LogP contribution in [-0.2, 0) is 9.59 Å². The molecule has 122 valence electrons. The van der Waals surface area contributed by atoms with Crippen LogP contribution in [0, 0.1) is 0 Å². The van der Waals surface area contributed by atoms with Gasteiger partial charge in [-0.1, -0.05) is 12.1 Å². The zero-order valence-corrected chi connectivity index (χ0v) is 13.8. The predicted molar refractivity (Wildman–Crippen MR) is 91.5 cm³/mol. The number of amides is 3. The number of aromatic nitrogens is 1. The number of thioether (sulfide) groups is 1. The maximum absolute atomic E-state index is 12.3. The van der Waals surface area contributed by atoms with Crippen LogP contribution < -0.4 is 5.32 Å². The van der Waals surface area contributed by atoms with Gasteiger partial charge in [0.25, 0.3) is 11.1 Å². The third-order valence-electron chi connectivity index (χ3n) is 3.04. The van der Waals surface area contributed by atoms with E-state index in [0.29, 0.717) is 10.7 Å². The normalized spacial score (nSPS) is 16.0. The van der Waals surface area contributed by atoms with Crippen molar-refractivity contribution in [3.63, 3.8) is 0 Å². The van der Waals surface area contributed by atoms with Crippen molar-refractivity contribution in [3.05, 3.63) is 46.3 Å². The van der Waals surface area contributed by atoms with Crippen LogP contribution in [-0.4, -0.2) is 38.6 Å². The third-order valence-corrected chi connectivity index (χ3v) is 4.64. The number of anilines is 1. The van der Waals surface area contributed by atoms with Gasteiger partial charge in [0.05, 0.1) is 4.91 Å². The van der Waals surface area contributed by atoms with Crippen molar-refractivity contribution in [2.24, 2.45) is 0 Å². The van der Waals surface area contributed by atoms with E-state index < -0.39 is 17.1 Å². The van der Waals surface area contributed by atoms with Gasteiger partial charge >= 0.3 is 0 Å². The highest BCUT2D eigenvalue weighted by Gasteiger charge is 2.36. The highest BCUT2D eigenvalue weighted by molar-refractivity contribution is 8.18. The molecule has 3 amide bonds. The molecule has 2 aromatic rings. The van der Waals surface area contributed by atoms with Crippen LogP contribution in [0.5, 0.6) is 5.75 Å². The van der Waals surface area contributed by atoms with E-state index >= 15 is 0 Å². The average Bonchev–Trinajstić information content (AvgIpc) is 3.14. The van der Waals surface area contributed by atoms with Crippen molar-refractivity contribution >= 4 is 51.4 Å². The predicted octanol–water partition coefficient (Wildman–Crippen LogP) is 2.52. The summed E-state index contributed by atoms with van der Waals surface area (Å²) in [5.41, 5.74) is 0.672. The topological polar surface area (TPSA) is 99.6 Å². The van der Waals surface area contributed by atoms with Crippen LogP contribution >= 0.6 is 23.1 Å². The second-order valence-electron chi connectivity index (χ2n) is 4.74. The zero-order chi connectivity index (χ0) is 17.1. The smallest absolute Gasteiger partial charge is 0.294 e. The van der Waals surface area contributed by atoms with Crippen molar-refractivity contribution < 1.29 is 19.5 Å². The zero-order valence-electron chi connectivity index (χ0n) is 12.1. The van der Waals surface area contributed by atoms with Crippen molar-refractivity contribution in [1.29, 1.82) is 0 Å². The van der Waals surface area contributed by atoms with Gasteiger partial charge in [-0.15, -0.1) is 11.3 Å². The van der Waals surface area contributed by atoms with E-state index in [1.165, 1.54) is 23.5 Å². The van der Waals surface area contributed by atoms with E-state index in [4.69, 9.17) is 0 Å². The number of hydrogen-bond donors (Lipinski definition) is 2. The first kappa shape index (κ1) is 16.2. The van der Waals surface area contributed by atoms with Gasteiger partial charge in [-0.2, -0.15) is 0 Å². The number of carbonyl (C=O) groups excluding carboxylic acids is 3. The monoisotopic (exact) mass is 361 g/mol. The summed E-state index contributed by atoms with van der Waals surface area (Å²) in [7, 11) is 0. The number of thiazole rings is 1. The van der Waals surface area contributed by atoms with Crippen LogP contribution in [0.3, 0.4) is 0 Å². The minimum Gasteiger partial charge on any atom is -0.508 e. The Morgan fingerprint density at radius 3 is 2.71 bits per heavy atom. The molecule has 1 aliphatic rings. The molecule has 0 unspecified atom stereocenters. The number of phenols is 1. The Morgan fingerprint density at radius 1 is 1.29 bits per heavy atom. The van der Waals surface area contributed by atoms with Crippen molar-refractivity contribution in [2.75, 3.05) is 11.9 Å². The fraction of sp³-hybridized carbons (Fsp3) is 0.0667. The molecule has 0 saturated carbocycles. The van der Waals surface area contributed by atoms with E-state index in [2.05, 4.69) is 10.3 Å². The number of benzene rings is 1.